The number of nitrogens with one attached hydrogen (secondary N) is 1. The van der Waals surface area contributed by atoms with Gasteiger partial charge in [-0.05, 0) is 0 Å². The lowest BCUT2D eigenvalue weighted by molar-refractivity contribution is -0.121. The van der Waals surface area contributed by atoms with Crippen LogP contribution in [-0.4, -0.2) is 17.6 Å². The number of thiol groups is 1. The molecule has 0 spiro atoms. The standard InChI is InChI=1S/C4H7NO2S/c1-3(7)5-4(8)2-6/h2,4,8H,1H3,(H,5,7). The predicted molar refractivity (Wildman–Crippen MR) is 32.7 cm³/mol. The first-order chi connectivity index (χ1) is 3.66. The van der Waals surface area contributed by atoms with Gasteiger partial charge in [-0.15, -0.1) is 12.6 Å². The Kier molecular flexibility index (Phi) is 3.26. The second-order valence-corrected chi connectivity index (χ2v) is 1.84. The van der Waals surface area contributed by atoms with E-state index in [-0.39, 0.29) is 5.91 Å². The van der Waals surface area contributed by atoms with Gasteiger partial charge in [0.25, 0.3) is 0 Å². The molecule has 4 heteroatoms. The van der Waals surface area contributed by atoms with Crippen LogP contribution in [0.1, 0.15) is 6.92 Å². The molecule has 1 amide bonds. The normalized spacial score (nSPS) is 12.2. The molecule has 1 atom stereocenters. The molecule has 1 N–H and O–H groups in total. The van der Waals surface area contributed by atoms with Crippen molar-refractivity contribution in [2.45, 2.75) is 12.3 Å². The van der Waals surface area contributed by atoms with E-state index in [4.69, 9.17) is 0 Å². The van der Waals surface area contributed by atoms with Crippen molar-refractivity contribution in [3.63, 3.8) is 0 Å². The Hall–Kier alpha value is -0.510. The Labute approximate surface area is 52.9 Å². The molecular formula is C4H7NO2S. The van der Waals surface area contributed by atoms with Gasteiger partial charge in [-0.1, -0.05) is 0 Å². The van der Waals surface area contributed by atoms with E-state index in [9.17, 15) is 9.59 Å². The van der Waals surface area contributed by atoms with Crippen molar-refractivity contribution in [3.8, 4) is 0 Å². The van der Waals surface area contributed by atoms with E-state index in [1.807, 2.05) is 0 Å². The summed E-state index contributed by atoms with van der Waals surface area (Å²) in [7, 11) is 0. The zero-order chi connectivity index (χ0) is 6.57. The van der Waals surface area contributed by atoms with Crippen LogP contribution in [0.25, 0.3) is 0 Å². The fourth-order valence-electron chi connectivity index (χ4n) is 0.242. The van der Waals surface area contributed by atoms with Crippen LogP contribution in [0.2, 0.25) is 0 Å². The van der Waals surface area contributed by atoms with E-state index in [0.717, 1.165) is 0 Å². The molecule has 3 nitrogen and oxygen atoms in total. The SMILES string of the molecule is CC(=O)NC(S)C=O. The topological polar surface area (TPSA) is 46.2 Å². The van der Waals surface area contributed by atoms with Crippen LogP contribution in [0.4, 0.5) is 0 Å². The van der Waals surface area contributed by atoms with Crippen molar-refractivity contribution in [3.05, 3.63) is 0 Å². The monoisotopic (exact) mass is 133 g/mol. The molecule has 1 unspecified atom stereocenters. The van der Waals surface area contributed by atoms with Gasteiger partial charge in [-0.25, -0.2) is 0 Å². The predicted octanol–water partition coefficient (Wildman–Crippen LogP) is -0.423. The van der Waals surface area contributed by atoms with Gasteiger partial charge in [0.15, 0.2) is 6.29 Å². The first-order valence-corrected chi connectivity index (χ1v) is 2.59. The van der Waals surface area contributed by atoms with Gasteiger partial charge < -0.3 is 10.1 Å². The Morgan fingerprint density at radius 2 is 2.38 bits per heavy atom. The van der Waals surface area contributed by atoms with Gasteiger partial charge in [0.1, 0.15) is 5.37 Å². The van der Waals surface area contributed by atoms with Gasteiger partial charge in [-0.2, -0.15) is 0 Å². The lowest BCUT2D eigenvalue weighted by atomic mass is 10.6. The van der Waals surface area contributed by atoms with Crippen molar-refractivity contribution in [1.29, 1.82) is 0 Å². The molecule has 0 aliphatic heterocycles. The highest BCUT2D eigenvalue weighted by Gasteiger charge is 1.98. The van der Waals surface area contributed by atoms with Gasteiger partial charge >= 0.3 is 0 Å². The first-order valence-electron chi connectivity index (χ1n) is 2.07. The zero-order valence-corrected chi connectivity index (χ0v) is 5.31. The highest BCUT2D eigenvalue weighted by atomic mass is 32.1. The summed E-state index contributed by atoms with van der Waals surface area (Å²) in [6.45, 7) is 1.33. The van der Waals surface area contributed by atoms with Gasteiger partial charge in [-0.3, -0.25) is 4.79 Å². The number of hydrogen-bond donors (Lipinski definition) is 2. The summed E-state index contributed by atoms with van der Waals surface area (Å²) in [6, 6.07) is 0. The number of amides is 1. The van der Waals surface area contributed by atoms with Gasteiger partial charge in [0.2, 0.25) is 5.91 Å². The van der Waals surface area contributed by atoms with Crippen molar-refractivity contribution < 1.29 is 9.59 Å². The molecular weight excluding hydrogens is 126 g/mol. The van der Waals surface area contributed by atoms with Crippen LogP contribution < -0.4 is 5.32 Å². The molecule has 46 valence electrons. The Bertz CT molecular complexity index is 104. The van der Waals surface area contributed by atoms with E-state index in [2.05, 4.69) is 17.9 Å². The molecule has 0 aromatic carbocycles. The average Bonchev–Trinajstić information content (AvgIpc) is 1.65. The van der Waals surface area contributed by atoms with E-state index in [0.29, 0.717) is 6.29 Å². The van der Waals surface area contributed by atoms with Crippen LogP contribution in [0.5, 0.6) is 0 Å². The highest BCUT2D eigenvalue weighted by molar-refractivity contribution is 7.81. The van der Waals surface area contributed by atoms with Crippen LogP contribution >= 0.6 is 12.6 Å². The minimum absolute atomic E-state index is 0.253. The smallest absolute Gasteiger partial charge is 0.218 e. The Morgan fingerprint density at radius 3 is 2.50 bits per heavy atom. The maximum atomic E-state index is 10.1. The molecule has 0 radical (unpaired) electrons. The fourth-order valence-corrected chi connectivity index (χ4v) is 0.424. The highest BCUT2D eigenvalue weighted by Crippen LogP contribution is 1.80. The lowest BCUT2D eigenvalue weighted by Gasteiger charge is -2.00. The minimum atomic E-state index is -0.660. The summed E-state index contributed by atoms with van der Waals surface area (Å²) < 4.78 is 0. The van der Waals surface area contributed by atoms with E-state index >= 15 is 0 Å². The van der Waals surface area contributed by atoms with Gasteiger partial charge in [0.05, 0.1) is 0 Å². The third-order valence-corrected chi connectivity index (χ3v) is 0.731. The van der Waals surface area contributed by atoms with Gasteiger partial charge in [0, 0.05) is 6.92 Å². The van der Waals surface area contributed by atoms with E-state index in [1.165, 1.54) is 6.92 Å². The summed E-state index contributed by atoms with van der Waals surface area (Å²) in [5.74, 6) is -0.253. The van der Waals surface area contributed by atoms with E-state index in [1.54, 1.807) is 0 Å². The summed E-state index contributed by atoms with van der Waals surface area (Å²) in [4.78, 5) is 19.8. The summed E-state index contributed by atoms with van der Waals surface area (Å²) in [5.41, 5.74) is 0. The summed E-state index contributed by atoms with van der Waals surface area (Å²) >= 11 is 3.67. The van der Waals surface area contributed by atoms with Crippen molar-refractivity contribution in [2.75, 3.05) is 0 Å². The number of carbonyl (C=O) groups excluding carboxylic acids is 2. The molecule has 0 aliphatic rings. The summed E-state index contributed by atoms with van der Waals surface area (Å²) in [5, 5.41) is 1.59. The minimum Gasteiger partial charge on any atom is -0.338 e. The molecule has 8 heavy (non-hydrogen) atoms. The first kappa shape index (κ1) is 7.49. The lowest BCUT2D eigenvalue weighted by Crippen LogP contribution is -2.29. The van der Waals surface area contributed by atoms with Crippen LogP contribution in [0.3, 0.4) is 0 Å². The maximum absolute atomic E-state index is 10.1. The molecule has 0 saturated carbocycles. The van der Waals surface area contributed by atoms with Crippen LogP contribution in [0, 0.1) is 0 Å². The van der Waals surface area contributed by atoms with Crippen LogP contribution in [0.15, 0.2) is 0 Å². The largest absolute Gasteiger partial charge is 0.338 e. The molecule has 0 aromatic heterocycles. The molecule has 0 heterocycles. The Balaban J connectivity index is 3.38. The van der Waals surface area contributed by atoms with Crippen molar-refractivity contribution in [1.82, 2.24) is 5.32 Å². The third kappa shape index (κ3) is 3.67. The van der Waals surface area contributed by atoms with Crippen molar-refractivity contribution >= 4 is 24.8 Å². The quantitative estimate of drug-likeness (QED) is 0.305. The number of rotatable bonds is 2. The number of hydrogen-bond acceptors (Lipinski definition) is 3. The third-order valence-electron chi connectivity index (χ3n) is 0.480. The number of aldehydes is 1. The summed E-state index contributed by atoms with van der Waals surface area (Å²) in [6.07, 6.45) is 0.546. The molecule has 0 bridgehead atoms. The second kappa shape index (κ2) is 3.49. The Morgan fingerprint density at radius 1 is 1.88 bits per heavy atom. The molecule has 0 aliphatic carbocycles. The van der Waals surface area contributed by atoms with E-state index < -0.39 is 5.37 Å². The molecule has 0 rings (SSSR count). The number of carbonyl (C=O) groups is 2. The molecule has 0 aromatic rings. The van der Waals surface area contributed by atoms with Crippen molar-refractivity contribution in [2.24, 2.45) is 0 Å². The second-order valence-electron chi connectivity index (χ2n) is 1.28. The molecule has 0 fully saturated rings. The van der Waals surface area contributed by atoms with Crippen LogP contribution in [-0.2, 0) is 9.59 Å². The fraction of sp³-hybridized carbons (Fsp3) is 0.500. The average molecular weight is 133 g/mol. The zero-order valence-electron chi connectivity index (χ0n) is 4.42. The maximum Gasteiger partial charge on any atom is 0.218 e. The molecule has 0 saturated heterocycles.